The molecule has 20 heavy (non-hydrogen) atoms. The Bertz CT molecular complexity index is 516. The largest absolute Gasteiger partial charge is 0.314 e. The van der Waals surface area contributed by atoms with E-state index >= 15 is 0 Å². The highest BCUT2D eigenvalue weighted by Crippen LogP contribution is 2.32. The van der Waals surface area contributed by atoms with E-state index in [1.165, 1.54) is 15.3 Å². The second-order valence-electron chi connectivity index (χ2n) is 4.98. The highest BCUT2D eigenvalue weighted by atomic mass is 32.2. The summed E-state index contributed by atoms with van der Waals surface area (Å²) < 4.78 is 0. The minimum atomic E-state index is 0.410. The molecule has 0 spiro atoms. The maximum absolute atomic E-state index is 3.44. The summed E-state index contributed by atoms with van der Waals surface area (Å²) in [5, 5.41) is 5.62. The van der Waals surface area contributed by atoms with Crippen LogP contribution in [0, 0.1) is 0 Å². The molecule has 0 radical (unpaired) electrons. The smallest absolute Gasteiger partial charge is 0.0696 e. The van der Waals surface area contributed by atoms with E-state index in [4.69, 9.17) is 0 Å². The van der Waals surface area contributed by atoms with Crippen molar-refractivity contribution >= 4 is 23.1 Å². The molecule has 1 aromatic heterocycles. The second-order valence-corrected chi connectivity index (χ2v) is 6.84. The second kappa shape index (κ2) is 6.76. The number of benzene rings is 1. The molecular weight excluding hydrogens is 284 g/mol. The average Bonchev–Trinajstić information content (AvgIpc) is 3.03. The van der Waals surface area contributed by atoms with E-state index in [0.717, 1.165) is 26.2 Å². The molecule has 2 heterocycles. The van der Waals surface area contributed by atoms with Crippen LogP contribution in [-0.4, -0.2) is 37.3 Å². The molecule has 1 saturated heterocycles. The number of nitrogens with zero attached hydrogens (tertiary/aromatic N) is 1. The van der Waals surface area contributed by atoms with Crippen molar-refractivity contribution in [1.82, 2.24) is 10.2 Å². The van der Waals surface area contributed by atoms with E-state index in [-0.39, 0.29) is 0 Å². The van der Waals surface area contributed by atoms with Gasteiger partial charge in [0, 0.05) is 36.0 Å². The molecule has 4 heteroatoms. The zero-order valence-corrected chi connectivity index (χ0v) is 13.3. The Morgan fingerprint density at radius 2 is 1.90 bits per heavy atom. The Morgan fingerprint density at radius 3 is 2.50 bits per heavy atom. The van der Waals surface area contributed by atoms with E-state index in [9.17, 15) is 0 Å². The van der Waals surface area contributed by atoms with Gasteiger partial charge < -0.3 is 5.32 Å². The lowest BCUT2D eigenvalue weighted by Crippen LogP contribution is -2.45. The van der Waals surface area contributed by atoms with Crippen molar-refractivity contribution in [3.8, 4) is 0 Å². The molecule has 1 aromatic carbocycles. The molecule has 0 saturated carbocycles. The number of thiophene rings is 1. The third kappa shape index (κ3) is 3.09. The quantitative estimate of drug-likeness (QED) is 0.871. The van der Waals surface area contributed by atoms with Gasteiger partial charge in [-0.3, -0.25) is 4.90 Å². The maximum Gasteiger partial charge on any atom is 0.0696 e. The monoisotopic (exact) mass is 304 g/mol. The normalized spacial score (nSPS) is 18.1. The van der Waals surface area contributed by atoms with E-state index in [1.54, 1.807) is 11.8 Å². The summed E-state index contributed by atoms with van der Waals surface area (Å²) in [6.45, 7) is 4.41. The van der Waals surface area contributed by atoms with E-state index in [1.807, 2.05) is 11.3 Å². The van der Waals surface area contributed by atoms with Crippen molar-refractivity contribution in [3.63, 3.8) is 0 Å². The summed E-state index contributed by atoms with van der Waals surface area (Å²) in [5.74, 6) is 0. The molecule has 0 bridgehead atoms. The molecule has 2 nitrogen and oxygen atoms in total. The highest BCUT2D eigenvalue weighted by Gasteiger charge is 2.24. The summed E-state index contributed by atoms with van der Waals surface area (Å²) >= 11 is 3.66. The molecule has 106 valence electrons. The van der Waals surface area contributed by atoms with Gasteiger partial charge in [-0.15, -0.1) is 23.1 Å². The first-order valence-electron chi connectivity index (χ1n) is 7.00. The van der Waals surface area contributed by atoms with E-state index in [0.29, 0.717) is 6.04 Å². The molecule has 1 aliphatic rings. The SMILES string of the molecule is CSc1ccc([C@H](c2cccs2)N2CCNCC2)cc1. The van der Waals surface area contributed by atoms with Crippen molar-refractivity contribution in [3.05, 3.63) is 52.2 Å². The van der Waals surface area contributed by atoms with Crippen molar-refractivity contribution in [1.29, 1.82) is 0 Å². The summed E-state index contributed by atoms with van der Waals surface area (Å²) in [6, 6.07) is 13.9. The Labute approximate surface area is 129 Å². The Kier molecular flexibility index (Phi) is 4.78. The van der Waals surface area contributed by atoms with Crippen molar-refractivity contribution in [2.45, 2.75) is 10.9 Å². The number of nitrogens with one attached hydrogen (secondary N) is 1. The highest BCUT2D eigenvalue weighted by molar-refractivity contribution is 7.98. The number of rotatable bonds is 4. The molecule has 0 unspecified atom stereocenters. The lowest BCUT2D eigenvalue weighted by atomic mass is 10.0. The fourth-order valence-electron chi connectivity index (χ4n) is 2.73. The van der Waals surface area contributed by atoms with Crippen LogP contribution in [0.3, 0.4) is 0 Å². The predicted molar refractivity (Wildman–Crippen MR) is 88.8 cm³/mol. The van der Waals surface area contributed by atoms with E-state index < -0.39 is 0 Å². The Hall–Kier alpha value is -0.810. The Morgan fingerprint density at radius 1 is 1.15 bits per heavy atom. The van der Waals surface area contributed by atoms with Crippen LogP contribution in [0.15, 0.2) is 46.7 Å². The fourth-order valence-corrected chi connectivity index (χ4v) is 4.02. The third-order valence-electron chi connectivity index (χ3n) is 3.76. The molecule has 3 rings (SSSR count). The van der Waals surface area contributed by atoms with Crippen LogP contribution in [0.2, 0.25) is 0 Å². The van der Waals surface area contributed by atoms with Crippen LogP contribution in [0.4, 0.5) is 0 Å². The van der Waals surface area contributed by atoms with Crippen molar-refractivity contribution in [2.24, 2.45) is 0 Å². The molecule has 1 fully saturated rings. The molecule has 0 aliphatic carbocycles. The molecule has 2 aromatic rings. The zero-order valence-electron chi connectivity index (χ0n) is 11.7. The van der Waals surface area contributed by atoms with Gasteiger partial charge in [-0.05, 0) is 35.4 Å². The van der Waals surface area contributed by atoms with Gasteiger partial charge in [0.2, 0.25) is 0 Å². The van der Waals surface area contributed by atoms with Gasteiger partial charge in [-0.25, -0.2) is 0 Å². The van der Waals surface area contributed by atoms with Crippen LogP contribution >= 0.6 is 23.1 Å². The van der Waals surface area contributed by atoms with Gasteiger partial charge in [0.05, 0.1) is 6.04 Å². The number of piperazine rings is 1. The summed E-state index contributed by atoms with van der Waals surface area (Å²) in [5.41, 5.74) is 1.41. The first kappa shape index (κ1) is 14.1. The zero-order chi connectivity index (χ0) is 13.8. The van der Waals surface area contributed by atoms with Crippen LogP contribution in [0.1, 0.15) is 16.5 Å². The van der Waals surface area contributed by atoms with Crippen molar-refractivity contribution < 1.29 is 0 Å². The fraction of sp³-hybridized carbons (Fsp3) is 0.375. The average molecular weight is 304 g/mol. The Balaban J connectivity index is 1.91. The van der Waals surface area contributed by atoms with Gasteiger partial charge >= 0.3 is 0 Å². The van der Waals surface area contributed by atoms with Gasteiger partial charge in [-0.2, -0.15) is 0 Å². The molecule has 1 atom stereocenters. The molecular formula is C16H20N2S2. The predicted octanol–water partition coefficient (Wildman–Crippen LogP) is 3.46. The van der Waals surface area contributed by atoms with Crippen molar-refractivity contribution in [2.75, 3.05) is 32.4 Å². The van der Waals surface area contributed by atoms with Gasteiger partial charge in [0.15, 0.2) is 0 Å². The lowest BCUT2D eigenvalue weighted by molar-refractivity contribution is 0.200. The maximum atomic E-state index is 3.44. The summed E-state index contributed by atoms with van der Waals surface area (Å²) in [6.07, 6.45) is 2.13. The van der Waals surface area contributed by atoms with E-state index in [2.05, 4.69) is 58.3 Å². The van der Waals surface area contributed by atoms with Gasteiger partial charge in [0.1, 0.15) is 0 Å². The number of thioether (sulfide) groups is 1. The number of hydrogen-bond acceptors (Lipinski definition) is 4. The first-order valence-corrected chi connectivity index (χ1v) is 9.11. The summed E-state index contributed by atoms with van der Waals surface area (Å²) in [7, 11) is 0. The summed E-state index contributed by atoms with van der Waals surface area (Å²) in [4.78, 5) is 5.37. The molecule has 0 amide bonds. The van der Waals surface area contributed by atoms with Gasteiger partial charge in [-0.1, -0.05) is 18.2 Å². The van der Waals surface area contributed by atoms with Crippen LogP contribution in [0.25, 0.3) is 0 Å². The standard InChI is InChI=1S/C16H20N2S2/c1-19-14-6-4-13(5-7-14)16(15-3-2-12-20-15)18-10-8-17-9-11-18/h2-7,12,16-17H,8-11H2,1H3/t16-/m1/s1. The topological polar surface area (TPSA) is 15.3 Å². The van der Waals surface area contributed by atoms with Crippen LogP contribution in [-0.2, 0) is 0 Å². The minimum Gasteiger partial charge on any atom is -0.314 e. The van der Waals surface area contributed by atoms with Crippen LogP contribution < -0.4 is 5.32 Å². The number of hydrogen-bond donors (Lipinski definition) is 1. The molecule has 1 aliphatic heterocycles. The third-order valence-corrected chi connectivity index (χ3v) is 5.43. The lowest BCUT2D eigenvalue weighted by Gasteiger charge is -2.34. The first-order chi connectivity index (χ1) is 9.88. The van der Waals surface area contributed by atoms with Gasteiger partial charge in [0.25, 0.3) is 0 Å². The van der Waals surface area contributed by atoms with Crippen LogP contribution in [0.5, 0.6) is 0 Å². The minimum absolute atomic E-state index is 0.410. The molecule has 1 N–H and O–H groups in total.